The molecule has 118 valence electrons. The highest BCUT2D eigenvalue weighted by Crippen LogP contribution is 2.25. The van der Waals surface area contributed by atoms with Crippen LogP contribution in [0.4, 0.5) is 0 Å². The topological polar surface area (TPSA) is 59.2 Å². The molecule has 4 nitrogen and oxygen atoms in total. The fourth-order valence-corrected chi connectivity index (χ4v) is 2.97. The van der Waals surface area contributed by atoms with Crippen molar-refractivity contribution in [3.8, 4) is 10.6 Å². The number of nitrogens with two attached hydrogens (primary N) is 1. The summed E-state index contributed by atoms with van der Waals surface area (Å²) in [4.78, 5) is 19.2. The van der Waals surface area contributed by atoms with Crippen LogP contribution in [0.15, 0.2) is 36.5 Å². The summed E-state index contributed by atoms with van der Waals surface area (Å²) in [6, 6.07) is 10.0. The fraction of sp³-hybridized carbons (Fsp3) is 0.412. The molecule has 1 atom stereocenters. The third-order valence-electron chi connectivity index (χ3n) is 3.74. The molecule has 0 saturated carbocycles. The number of thiazole rings is 1. The van der Waals surface area contributed by atoms with E-state index in [0.29, 0.717) is 17.3 Å². The van der Waals surface area contributed by atoms with Gasteiger partial charge in [-0.3, -0.25) is 4.79 Å². The lowest BCUT2D eigenvalue weighted by atomic mass is 10.0. The van der Waals surface area contributed by atoms with Gasteiger partial charge in [0.05, 0.1) is 6.20 Å². The second-order valence-electron chi connectivity index (χ2n) is 5.82. The SMILES string of the molecule is CC(C)C(N)CCN(C)C(=O)c1cnc(-c2ccccc2)s1. The highest BCUT2D eigenvalue weighted by atomic mass is 32.1. The molecule has 1 aromatic carbocycles. The van der Waals surface area contributed by atoms with Crippen LogP contribution in [0.25, 0.3) is 10.6 Å². The van der Waals surface area contributed by atoms with Gasteiger partial charge in [-0.2, -0.15) is 0 Å². The Kier molecular flexibility index (Phi) is 5.69. The number of rotatable bonds is 6. The zero-order valence-corrected chi connectivity index (χ0v) is 14.1. The van der Waals surface area contributed by atoms with Crippen molar-refractivity contribution in [3.05, 3.63) is 41.4 Å². The number of hydrogen-bond acceptors (Lipinski definition) is 4. The predicted octanol–water partition coefficient (Wildman–Crippen LogP) is 3.26. The van der Waals surface area contributed by atoms with Crippen molar-refractivity contribution in [2.45, 2.75) is 26.3 Å². The molecule has 22 heavy (non-hydrogen) atoms. The Labute approximate surface area is 136 Å². The van der Waals surface area contributed by atoms with Crippen LogP contribution in [-0.4, -0.2) is 35.4 Å². The standard InChI is InChI=1S/C17H23N3OS/c1-12(2)14(18)9-10-20(3)17(21)15-11-19-16(22-15)13-7-5-4-6-8-13/h4-8,11-12,14H,9-10,18H2,1-3H3. The van der Waals surface area contributed by atoms with Crippen LogP contribution in [0.1, 0.15) is 29.9 Å². The first-order chi connectivity index (χ1) is 10.5. The normalized spacial score (nSPS) is 12.4. The van der Waals surface area contributed by atoms with Crippen LogP contribution in [0, 0.1) is 5.92 Å². The highest BCUT2D eigenvalue weighted by molar-refractivity contribution is 7.16. The molecule has 0 aliphatic rings. The smallest absolute Gasteiger partial charge is 0.265 e. The van der Waals surface area contributed by atoms with Gasteiger partial charge < -0.3 is 10.6 Å². The maximum absolute atomic E-state index is 12.4. The summed E-state index contributed by atoms with van der Waals surface area (Å²) in [7, 11) is 1.82. The third-order valence-corrected chi connectivity index (χ3v) is 4.77. The van der Waals surface area contributed by atoms with Crippen molar-refractivity contribution in [3.63, 3.8) is 0 Å². The summed E-state index contributed by atoms with van der Waals surface area (Å²) in [6.07, 6.45) is 2.47. The molecule has 0 fully saturated rings. The first-order valence-corrected chi connectivity index (χ1v) is 8.33. The van der Waals surface area contributed by atoms with E-state index in [1.165, 1.54) is 11.3 Å². The second kappa shape index (κ2) is 7.51. The van der Waals surface area contributed by atoms with Crippen molar-refractivity contribution < 1.29 is 4.79 Å². The van der Waals surface area contributed by atoms with Crippen molar-refractivity contribution in [2.24, 2.45) is 11.7 Å². The van der Waals surface area contributed by atoms with E-state index < -0.39 is 0 Å². The number of hydrogen-bond donors (Lipinski definition) is 1. The second-order valence-corrected chi connectivity index (χ2v) is 6.85. The van der Waals surface area contributed by atoms with E-state index in [0.717, 1.165) is 17.0 Å². The molecule has 0 aliphatic heterocycles. The largest absolute Gasteiger partial charge is 0.341 e. The molecule has 0 spiro atoms. The van der Waals surface area contributed by atoms with Gasteiger partial charge in [0.1, 0.15) is 9.88 Å². The summed E-state index contributed by atoms with van der Waals surface area (Å²) < 4.78 is 0. The van der Waals surface area contributed by atoms with E-state index in [2.05, 4.69) is 18.8 Å². The molecule has 2 aromatic rings. The Morgan fingerprint density at radius 2 is 2.00 bits per heavy atom. The molecule has 0 bridgehead atoms. The van der Waals surface area contributed by atoms with Crippen LogP contribution in [0.5, 0.6) is 0 Å². The molecule has 2 rings (SSSR count). The molecular weight excluding hydrogens is 294 g/mol. The van der Waals surface area contributed by atoms with Crippen molar-refractivity contribution >= 4 is 17.2 Å². The van der Waals surface area contributed by atoms with Crippen LogP contribution >= 0.6 is 11.3 Å². The first kappa shape index (κ1) is 16.6. The summed E-state index contributed by atoms with van der Waals surface area (Å²) in [6.45, 7) is 4.86. The molecule has 1 aromatic heterocycles. The van der Waals surface area contributed by atoms with Gasteiger partial charge in [0, 0.05) is 25.2 Å². The molecule has 1 amide bonds. The predicted molar refractivity (Wildman–Crippen MR) is 91.9 cm³/mol. The monoisotopic (exact) mass is 317 g/mol. The van der Waals surface area contributed by atoms with Gasteiger partial charge in [-0.25, -0.2) is 4.98 Å². The number of nitrogens with zero attached hydrogens (tertiary/aromatic N) is 2. The lowest BCUT2D eigenvalue weighted by Crippen LogP contribution is -2.34. The minimum absolute atomic E-state index is 0.00985. The van der Waals surface area contributed by atoms with E-state index in [4.69, 9.17) is 5.73 Å². The van der Waals surface area contributed by atoms with Crippen LogP contribution in [0.3, 0.4) is 0 Å². The van der Waals surface area contributed by atoms with E-state index in [1.807, 2.05) is 37.4 Å². The van der Waals surface area contributed by atoms with Gasteiger partial charge in [-0.1, -0.05) is 44.2 Å². The van der Waals surface area contributed by atoms with E-state index >= 15 is 0 Å². The van der Waals surface area contributed by atoms with E-state index in [9.17, 15) is 4.79 Å². The quantitative estimate of drug-likeness (QED) is 0.889. The van der Waals surface area contributed by atoms with Crippen molar-refractivity contribution in [2.75, 3.05) is 13.6 Å². The third kappa shape index (κ3) is 4.15. The van der Waals surface area contributed by atoms with E-state index in [1.54, 1.807) is 11.1 Å². The van der Waals surface area contributed by atoms with Crippen LogP contribution in [0.2, 0.25) is 0 Å². The number of carbonyl (C=O) groups excluding carboxylic acids is 1. The zero-order chi connectivity index (χ0) is 16.1. The van der Waals surface area contributed by atoms with Gasteiger partial charge in [-0.15, -0.1) is 11.3 Å². The van der Waals surface area contributed by atoms with Gasteiger partial charge in [0.25, 0.3) is 5.91 Å². The summed E-state index contributed by atoms with van der Waals surface area (Å²) in [5, 5.41) is 0.872. The molecule has 0 saturated heterocycles. The summed E-state index contributed by atoms with van der Waals surface area (Å²) in [5.41, 5.74) is 7.07. The number of aromatic nitrogens is 1. The van der Waals surface area contributed by atoms with Crippen LogP contribution < -0.4 is 5.73 Å². The lowest BCUT2D eigenvalue weighted by molar-refractivity contribution is 0.0793. The highest BCUT2D eigenvalue weighted by Gasteiger charge is 2.17. The Bertz CT molecular complexity index is 609. The number of carbonyl (C=O) groups is 1. The minimum Gasteiger partial charge on any atom is -0.341 e. The van der Waals surface area contributed by atoms with Gasteiger partial charge >= 0.3 is 0 Å². The Hall–Kier alpha value is -1.72. The number of benzene rings is 1. The van der Waals surface area contributed by atoms with Crippen molar-refractivity contribution in [1.29, 1.82) is 0 Å². The average molecular weight is 317 g/mol. The van der Waals surface area contributed by atoms with Crippen LogP contribution in [-0.2, 0) is 0 Å². The maximum Gasteiger partial charge on any atom is 0.265 e. The maximum atomic E-state index is 12.4. The minimum atomic E-state index is 0.00985. The molecule has 0 radical (unpaired) electrons. The Morgan fingerprint density at radius 3 is 2.64 bits per heavy atom. The molecule has 2 N–H and O–H groups in total. The molecule has 5 heteroatoms. The summed E-state index contributed by atoms with van der Waals surface area (Å²) >= 11 is 1.43. The summed E-state index contributed by atoms with van der Waals surface area (Å²) in [5.74, 6) is 0.437. The van der Waals surface area contributed by atoms with Crippen molar-refractivity contribution in [1.82, 2.24) is 9.88 Å². The van der Waals surface area contributed by atoms with Gasteiger partial charge in [0.15, 0.2) is 0 Å². The Morgan fingerprint density at radius 1 is 1.32 bits per heavy atom. The lowest BCUT2D eigenvalue weighted by Gasteiger charge is -2.20. The molecular formula is C17H23N3OS. The average Bonchev–Trinajstić information content (AvgIpc) is 3.02. The fourth-order valence-electron chi connectivity index (χ4n) is 2.05. The molecule has 1 heterocycles. The van der Waals surface area contributed by atoms with Gasteiger partial charge in [0.2, 0.25) is 0 Å². The van der Waals surface area contributed by atoms with E-state index in [-0.39, 0.29) is 11.9 Å². The Balaban J connectivity index is 2.00. The molecule has 1 unspecified atom stereocenters. The first-order valence-electron chi connectivity index (χ1n) is 7.51. The molecule has 0 aliphatic carbocycles. The van der Waals surface area contributed by atoms with Gasteiger partial charge in [-0.05, 0) is 12.3 Å². The zero-order valence-electron chi connectivity index (χ0n) is 13.3. The number of amides is 1.